The highest BCUT2D eigenvalue weighted by atomic mass is 16.7. The summed E-state index contributed by atoms with van der Waals surface area (Å²) in [6.45, 7) is 4.30. The molecule has 5 rings (SSSR count). The number of piperazine rings is 1. The van der Waals surface area contributed by atoms with Crippen LogP contribution in [0.5, 0.6) is 11.5 Å². The van der Waals surface area contributed by atoms with Crippen LogP contribution < -0.4 is 9.47 Å². The summed E-state index contributed by atoms with van der Waals surface area (Å²) in [4.78, 5) is 17.9. The molecule has 1 saturated heterocycles. The maximum Gasteiger partial charge on any atom is 0.250 e. The van der Waals surface area contributed by atoms with Crippen LogP contribution in [0.25, 0.3) is 0 Å². The lowest BCUT2D eigenvalue weighted by atomic mass is 9.80. The summed E-state index contributed by atoms with van der Waals surface area (Å²) in [6.07, 6.45) is 6.47. The lowest BCUT2D eigenvalue weighted by Gasteiger charge is -2.42. The second-order valence-electron chi connectivity index (χ2n) is 8.10. The van der Waals surface area contributed by atoms with Gasteiger partial charge in [0.05, 0.1) is 0 Å². The Bertz CT molecular complexity index is 857. The van der Waals surface area contributed by atoms with Crippen molar-refractivity contribution in [3.05, 3.63) is 30.1 Å². The Kier molecular flexibility index (Phi) is 4.83. The molecule has 29 heavy (non-hydrogen) atoms. The highest BCUT2D eigenvalue weighted by molar-refractivity contribution is 5.84. The zero-order valence-electron chi connectivity index (χ0n) is 16.5. The summed E-state index contributed by atoms with van der Waals surface area (Å²) in [7, 11) is 0. The van der Waals surface area contributed by atoms with Gasteiger partial charge in [-0.1, -0.05) is 25.3 Å². The minimum Gasteiger partial charge on any atom is -0.454 e. The Labute approximate surface area is 169 Å². The summed E-state index contributed by atoms with van der Waals surface area (Å²) in [5, 5.41) is 11.7. The van der Waals surface area contributed by atoms with Crippen molar-refractivity contribution in [2.24, 2.45) is 0 Å². The first kappa shape index (κ1) is 18.4. The second-order valence-corrected chi connectivity index (χ2v) is 8.10. The summed E-state index contributed by atoms with van der Waals surface area (Å²) in [6, 6.07) is 6.10. The van der Waals surface area contributed by atoms with Crippen molar-refractivity contribution in [1.29, 1.82) is 0 Å². The number of hydrogen-bond donors (Lipinski definition) is 0. The quantitative estimate of drug-likeness (QED) is 0.770. The summed E-state index contributed by atoms with van der Waals surface area (Å²) in [5.41, 5.74) is 0.591. The average molecular weight is 398 g/mol. The van der Waals surface area contributed by atoms with E-state index < -0.39 is 5.54 Å². The topological polar surface area (TPSA) is 85.6 Å². The highest BCUT2D eigenvalue weighted by Crippen LogP contribution is 2.36. The van der Waals surface area contributed by atoms with Gasteiger partial charge in [-0.3, -0.25) is 9.69 Å². The Morgan fingerprint density at radius 3 is 2.59 bits per heavy atom. The van der Waals surface area contributed by atoms with E-state index in [2.05, 4.69) is 32.6 Å². The first-order chi connectivity index (χ1) is 14.2. The van der Waals surface area contributed by atoms with Gasteiger partial charge in [0.15, 0.2) is 11.5 Å². The molecule has 2 fully saturated rings. The van der Waals surface area contributed by atoms with E-state index in [-0.39, 0.29) is 5.91 Å². The van der Waals surface area contributed by atoms with Crippen molar-refractivity contribution >= 4 is 5.91 Å². The van der Waals surface area contributed by atoms with Gasteiger partial charge < -0.3 is 14.4 Å². The number of amides is 1. The third kappa shape index (κ3) is 3.43. The number of tetrazole rings is 1. The average Bonchev–Trinajstić information content (AvgIpc) is 3.46. The third-order valence-electron chi connectivity index (χ3n) is 6.37. The molecule has 2 aromatic rings. The number of ether oxygens (including phenoxy) is 2. The maximum absolute atomic E-state index is 13.5. The Hall–Kier alpha value is -2.68. The first-order valence-corrected chi connectivity index (χ1v) is 10.4. The van der Waals surface area contributed by atoms with E-state index in [0.29, 0.717) is 6.79 Å². The van der Waals surface area contributed by atoms with Gasteiger partial charge in [0.25, 0.3) is 5.91 Å². The minimum atomic E-state index is -0.610. The highest BCUT2D eigenvalue weighted by Gasteiger charge is 2.45. The number of rotatable bonds is 4. The van der Waals surface area contributed by atoms with Gasteiger partial charge in [-0.15, -0.1) is 5.10 Å². The first-order valence-electron chi connectivity index (χ1n) is 10.4. The van der Waals surface area contributed by atoms with E-state index in [4.69, 9.17) is 9.47 Å². The number of benzene rings is 1. The summed E-state index contributed by atoms with van der Waals surface area (Å²) in [5.74, 6) is 1.80. The van der Waals surface area contributed by atoms with Gasteiger partial charge >= 0.3 is 0 Å². The lowest BCUT2D eigenvalue weighted by Crippen LogP contribution is -2.57. The van der Waals surface area contributed by atoms with Crippen molar-refractivity contribution in [1.82, 2.24) is 30.0 Å². The second kappa shape index (κ2) is 7.62. The molecule has 1 amide bonds. The van der Waals surface area contributed by atoms with Crippen LogP contribution in [0.15, 0.2) is 24.5 Å². The van der Waals surface area contributed by atoms with Crippen molar-refractivity contribution in [2.75, 3.05) is 33.0 Å². The van der Waals surface area contributed by atoms with E-state index in [0.717, 1.165) is 69.9 Å². The van der Waals surface area contributed by atoms with Crippen LogP contribution >= 0.6 is 0 Å². The molecule has 3 heterocycles. The fourth-order valence-electron chi connectivity index (χ4n) is 4.74. The lowest BCUT2D eigenvalue weighted by molar-refractivity contribution is -0.145. The Morgan fingerprint density at radius 1 is 1.03 bits per heavy atom. The zero-order chi connectivity index (χ0) is 19.7. The predicted molar refractivity (Wildman–Crippen MR) is 103 cm³/mol. The summed E-state index contributed by atoms with van der Waals surface area (Å²) >= 11 is 0. The largest absolute Gasteiger partial charge is 0.454 e. The molecule has 1 saturated carbocycles. The molecular weight excluding hydrogens is 372 g/mol. The number of carbonyl (C=O) groups excluding carboxylic acids is 1. The molecule has 3 aliphatic rings. The molecule has 154 valence electrons. The van der Waals surface area contributed by atoms with Crippen LogP contribution in [0.1, 0.15) is 37.7 Å². The maximum atomic E-state index is 13.5. The Morgan fingerprint density at radius 2 is 1.83 bits per heavy atom. The molecule has 0 bridgehead atoms. The van der Waals surface area contributed by atoms with Gasteiger partial charge in [-0.05, 0) is 41.0 Å². The van der Waals surface area contributed by atoms with Crippen LogP contribution in [0, 0.1) is 0 Å². The molecule has 1 aromatic heterocycles. The zero-order valence-corrected chi connectivity index (χ0v) is 16.5. The monoisotopic (exact) mass is 398 g/mol. The molecule has 0 unspecified atom stereocenters. The van der Waals surface area contributed by atoms with Gasteiger partial charge in [-0.25, -0.2) is 4.68 Å². The molecule has 9 nitrogen and oxygen atoms in total. The van der Waals surface area contributed by atoms with Crippen molar-refractivity contribution in [3.8, 4) is 11.5 Å². The van der Waals surface area contributed by atoms with Crippen molar-refractivity contribution < 1.29 is 14.3 Å². The number of fused-ring (bicyclic) bond motifs is 1. The standard InChI is InChI=1S/C20H26N6O3/c27-19(20(6-2-1-3-7-20)26-14-21-22-23-26)25-10-8-24(9-11-25)13-16-4-5-17-18(12-16)29-15-28-17/h4-5,12,14H,1-3,6-11,13,15H2. The molecular formula is C20H26N6O3. The smallest absolute Gasteiger partial charge is 0.250 e. The van der Waals surface area contributed by atoms with E-state index in [9.17, 15) is 4.79 Å². The summed E-state index contributed by atoms with van der Waals surface area (Å²) < 4.78 is 12.6. The van der Waals surface area contributed by atoms with Gasteiger partial charge in [0.1, 0.15) is 11.9 Å². The van der Waals surface area contributed by atoms with E-state index in [1.165, 1.54) is 12.0 Å². The molecule has 0 atom stereocenters. The van der Waals surface area contributed by atoms with Crippen LogP contribution in [0.3, 0.4) is 0 Å². The third-order valence-corrected chi connectivity index (χ3v) is 6.37. The molecule has 0 radical (unpaired) electrons. The molecule has 0 N–H and O–H groups in total. The van der Waals surface area contributed by atoms with Crippen molar-refractivity contribution in [3.63, 3.8) is 0 Å². The minimum absolute atomic E-state index is 0.173. The van der Waals surface area contributed by atoms with Gasteiger partial charge in [-0.2, -0.15) is 0 Å². The number of carbonyl (C=O) groups is 1. The molecule has 1 aliphatic carbocycles. The molecule has 2 aliphatic heterocycles. The fourth-order valence-corrected chi connectivity index (χ4v) is 4.74. The number of aromatic nitrogens is 4. The predicted octanol–water partition coefficient (Wildman–Crippen LogP) is 1.41. The Balaban J connectivity index is 1.23. The van der Waals surface area contributed by atoms with E-state index in [1.807, 2.05) is 11.0 Å². The normalized spacial score (nSPS) is 21.3. The molecule has 9 heteroatoms. The molecule has 0 spiro atoms. The van der Waals surface area contributed by atoms with Crippen LogP contribution in [-0.4, -0.2) is 68.9 Å². The van der Waals surface area contributed by atoms with Crippen molar-refractivity contribution in [2.45, 2.75) is 44.2 Å². The van der Waals surface area contributed by atoms with Gasteiger partial charge in [0, 0.05) is 32.7 Å². The van der Waals surface area contributed by atoms with E-state index >= 15 is 0 Å². The van der Waals surface area contributed by atoms with Crippen LogP contribution in [0.4, 0.5) is 0 Å². The van der Waals surface area contributed by atoms with Crippen LogP contribution in [0.2, 0.25) is 0 Å². The molecule has 1 aromatic carbocycles. The fraction of sp³-hybridized carbons (Fsp3) is 0.600. The van der Waals surface area contributed by atoms with E-state index in [1.54, 1.807) is 11.0 Å². The number of nitrogens with zero attached hydrogens (tertiary/aromatic N) is 6. The van der Waals surface area contributed by atoms with Gasteiger partial charge in [0.2, 0.25) is 6.79 Å². The number of hydrogen-bond acceptors (Lipinski definition) is 7. The van der Waals surface area contributed by atoms with Crippen LogP contribution in [-0.2, 0) is 16.9 Å². The SMILES string of the molecule is O=C(N1CCN(Cc2ccc3c(c2)OCO3)CC1)C1(n2cnnn2)CCCCC1.